The molecule has 0 spiro atoms. The molecule has 0 amide bonds. The first-order chi connectivity index (χ1) is 9.52. The van der Waals surface area contributed by atoms with Gasteiger partial charge in [-0.1, -0.05) is 6.07 Å². The van der Waals surface area contributed by atoms with Crippen LogP contribution < -0.4 is 4.74 Å². The second-order valence-corrected chi connectivity index (χ2v) is 3.70. The number of hydrogen-bond donors (Lipinski definition) is 0. The van der Waals surface area contributed by atoms with Gasteiger partial charge in [0.15, 0.2) is 11.6 Å². The summed E-state index contributed by atoms with van der Waals surface area (Å²) in [6, 6.07) is 8.34. The third kappa shape index (κ3) is 2.54. The van der Waals surface area contributed by atoms with E-state index in [-0.39, 0.29) is 11.3 Å². The minimum absolute atomic E-state index is 0.0728. The third-order valence-corrected chi connectivity index (χ3v) is 2.41. The van der Waals surface area contributed by atoms with Crippen LogP contribution in [0.5, 0.6) is 11.5 Å². The molecule has 0 saturated carbocycles. The molecule has 0 radical (unpaired) electrons. The third-order valence-electron chi connectivity index (χ3n) is 2.41. The first kappa shape index (κ1) is 13.4. The Hall–Kier alpha value is -3.01. The van der Waals surface area contributed by atoms with Crippen LogP contribution in [0.4, 0.5) is 14.5 Å². The number of nitro groups is 1. The molecular formula is C13H6F2N2O3. The van der Waals surface area contributed by atoms with Crippen molar-refractivity contribution in [1.82, 2.24) is 0 Å². The molecule has 0 aliphatic carbocycles. The van der Waals surface area contributed by atoms with E-state index in [1.165, 1.54) is 12.1 Å². The second kappa shape index (κ2) is 5.32. The first-order valence-electron chi connectivity index (χ1n) is 5.33. The molecule has 0 saturated heterocycles. The van der Waals surface area contributed by atoms with Crippen LogP contribution in [0.15, 0.2) is 36.4 Å². The van der Waals surface area contributed by atoms with Gasteiger partial charge in [0.05, 0.1) is 16.6 Å². The smallest absolute Gasteiger partial charge is 0.346 e. The lowest BCUT2D eigenvalue weighted by molar-refractivity contribution is -0.388. The van der Waals surface area contributed by atoms with Gasteiger partial charge < -0.3 is 4.74 Å². The maximum absolute atomic E-state index is 13.6. The first-order valence-corrected chi connectivity index (χ1v) is 5.33. The van der Waals surface area contributed by atoms with Crippen LogP contribution in [-0.4, -0.2) is 4.92 Å². The summed E-state index contributed by atoms with van der Waals surface area (Å²) >= 11 is 0. The predicted octanol–water partition coefficient (Wildman–Crippen LogP) is 3.54. The molecule has 100 valence electrons. The Bertz CT molecular complexity index is 726. The number of benzene rings is 2. The van der Waals surface area contributed by atoms with E-state index in [1.807, 2.05) is 0 Å². The zero-order valence-electron chi connectivity index (χ0n) is 9.84. The van der Waals surface area contributed by atoms with Crippen molar-refractivity contribution in [3.63, 3.8) is 0 Å². The Balaban J connectivity index is 2.43. The highest BCUT2D eigenvalue weighted by Gasteiger charge is 2.22. The Labute approximate surface area is 111 Å². The fourth-order valence-corrected chi connectivity index (χ4v) is 1.53. The largest absolute Gasteiger partial charge is 0.447 e. The van der Waals surface area contributed by atoms with Gasteiger partial charge in [0.25, 0.3) is 0 Å². The Kier molecular flexibility index (Phi) is 3.57. The zero-order chi connectivity index (χ0) is 14.7. The van der Waals surface area contributed by atoms with Crippen LogP contribution in [0.3, 0.4) is 0 Å². The van der Waals surface area contributed by atoms with Crippen molar-refractivity contribution in [2.45, 2.75) is 0 Å². The summed E-state index contributed by atoms with van der Waals surface area (Å²) in [4.78, 5) is 9.81. The van der Waals surface area contributed by atoms with Gasteiger partial charge in [-0.05, 0) is 30.3 Å². The summed E-state index contributed by atoms with van der Waals surface area (Å²) < 4.78 is 32.0. The zero-order valence-corrected chi connectivity index (χ0v) is 9.84. The minimum Gasteiger partial charge on any atom is -0.447 e. The van der Waals surface area contributed by atoms with E-state index in [0.717, 1.165) is 24.3 Å². The number of para-hydroxylation sites is 1. The van der Waals surface area contributed by atoms with E-state index in [4.69, 9.17) is 10.00 Å². The summed E-state index contributed by atoms with van der Waals surface area (Å²) in [5.74, 6) is -2.71. The van der Waals surface area contributed by atoms with Crippen molar-refractivity contribution in [1.29, 1.82) is 5.26 Å². The molecule has 5 nitrogen and oxygen atoms in total. The molecule has 2 rings (SSSR count). The standard InChI is InChI=1S/C13H6F2N2O3/c14-9-2-1-3-12(13(9)17(18)19)20-11-5-4-8(7-16)6-10(11)15/h1-6H. The van der Waals surface area contributed by atoms with E-state index in [2.05, 4.69) is 0 Å². The van der Waals surface area contributed by atoms with Gasteiger partial charge in [0.1, 0.15) is 0 Å². The molecule has 0 fully saturated rings. The van der Waals surface area contributed by atoms with E-state index in [9.17, 15) is 18.9 Å². The van der Waals surface area contributed by atoms with E-state index in [0.29, 0.717) is 0 Å². The summed E-state index contributed by atoms with van der Waals surface area (Å²) in [6.07, 6.45) is 0. The van der Waals surface area contributed by atoms with Crippen LogP contribution in [0.2, 0.25) is 0 Å². The molecule has 0 aliphatic heterocycles. The molecule has 0 heterocycles. The van der Waals surface area contributed by atoms with Crippen molar-refractivity contribution in [2.75, 3.05) is 0 Å². The quantitative estimate of drug-likeness (QED) is 0.634. The topological polar surface area (TPSA) is 76.2 Å². The monoisotopic (exact) mass is 276 g/mol. The number of hydrogen-bond acceptors (Lipinski definition) is 4. The number of halogens is 2. The van der Waals surface area contributed by atoms with Crippen molar-refractivity contribution in [3.8, 4) is 17.6 Å². The van der Waals surface area contributed by atoms with Crippen molar-refractivity contribution in [3.05, 3.63) is 63.7 Å². The van der Waals surface area contributed by atoms with Gasteiger partial charge >= 0.3 is 5.69 Å². The second-order valence-electron chi connectivity index (χ2n) is 3.70. The highest BCUT2D eigenvalue weighted by atomic mass is 19.1. The van der Waals surface area contributed by atoms with Gasteiger partial charge in [-0.3, -0.25) is 10.1 Å². The highest BCUT2D eigenvalue weighted by molar-refractivity contribution is 5.50. The van der Waals surface area contributed by atoms with Gasteiger partial charge in [0, 0.05) is 0 Å². The Morgan fingerprint density at radius 2 is 1.90 bits per heavy atom. The lowest BCUT2D eigenvalue weighted by atomic mass is 10.2. The van der Waals surface area contributed by atoms with Crippen molar-refractivity contribution >= 4 is 5.69 Å². The maximum atomic E-state index is 13.6. The molecular weight excluding hydrogens is 270 g/mol. The van der Waals surface area contributed by atoms with Gasteiger partial charge in [-0.15, -0.1) is 0 Å². The van der Waals surface area contributed by atoms with Gasteiger partial charge in [0.2, 0.25) is 11.6 Å². The SMILES string of the molecule is N#Cc1ccc(Oc2cccc(F)c2[N+](=O)[O-])c(F)c1. The highest BCUT2D eigenvalue weighted by Crippen LogP contribution is 2.34. The number of nitro benzene ring substituents is 1. The average molecular weight is 276 g/mol. The minimum atomic E-state index is -1.08. The fourth-order valence-electron chi connectivity index (χ4n) is 1.53. The summed E-state index contributed by atoms with van der Waals surface area (Å²) in [5.41, 5.74) is -0.806. The summed E-state index contributed by atoms with van der Waals surface area (Å²) in [7, 11) is 0. The number of nitriles is 1. The average Bonchev–Trinajstić information content (AvgIpc) is 2.40. The van der Waals surface area contributed by atoms with Gasteiger partial charge in [-0.25, -0.2) is 4.39 Å². The molecule has 0 aliphatic rings. The van der Waals surface area contributed by atoms with Crippen LogP contribution in [0.25, 0.3) is 0 Å². The summed E-state index contributed by atoms with van der Waals surface area (Å²) in [5, 5.41) is 19.4. The predicted molar refractivity (Wildman–Crippen MR) is 64.2 cm³/mol. The molecule has 0 aromatic heterocycles. The van der Waals surface area contributed by atoms with Crippen molar-refractivity contribution in [2.24, 2.45) is 0 Å². The van der Waals surface area contributed by atoms with E-state index in [1.54, 1.807) is 6.07 Å². The Morgan fingerprint density at radius 1 is 1.15 bits per heavy atom. The molecule has 0 N–H and O–H groups in total. The van der Waals surface area contributed by atoms with Crippen LogP contribution in [-0.2, 0) is 0 Å². The molecule has 0 bridgehead atoms. The molecule has 0 unspecified atom stereocenters. The summed E-state index contributed by atoms with van der Waals surface area (Å²) in [6.45, 7) is 0. The lowest BCUT2D eigenvalue weighted by Gasteiger charge is -2.07. The number of ether oxygens (including phenoxy) is 1. The van der Waals surface area contributed by atoms with Crippen LogP contribution in [0.1, 0.15) is 5.56 Å². The van der Waals surface area contributed by atoms with Gasteiger partial charge in [-0.2, -0.15) is 9.65 Å². The van der Waals surface area contributed by atoms with E-state index >= 15 is 0 Å². The molecule has 20 heavy (non-hydrogen) atoms. The molecule has 0 atom stereocenters. The number of rotatable bonds is 3. The molecule has 2 aromatic rings. The van der Waals surface area contributed by atoms with Crippen LogP contribution >= 0.6 is 0 Å². The molecule has 2 aromatic carbocycles. The fraction of sp³-hybridized carbons (Fsp3) is 0. The van der Waals surface area contributed by atoms with E-state index < -0.39 is 28.0 Å². The Morgan fingerprint density at radius 3 is 2.50 bits per heavy atom. The van der Waals surface area contributed by atoms with Crippen LogP contribution in [0, 0.1) is 33.1 Å². The normalized spacial score (nSPS) is 9.85. The van der Waals surface area contributed by atoms with Crippen molar-refractivity contribution < 1.29 is 18.4 Å². The molecule has 7 heteroatoms. The number of nitrogens with zero attached hydrogens (tertiary/aromatic N) is 2. The maximum Gasteiger partial charge on any atom is 0.346 e. The lowest BCUT2D eigenvalue weighted by Crippen LogP contribution is -1.97.